The van der Waals surface area contributed by atoms with Crippen LogP contribution < -0.4 is 0 Å². The summed E-state index contributed by atoms with van der Waals surface area (Å²) in [5.74, 6) is -1.24. The first-order valence-electron chi connectivity index (χ1n) is 10.6. The summed E-state index contributed by atoms with van der Waals surface area (Å²) in [6.07, 6.45) is 2.37. The molecule has 6 nitrogen and oxygen atoms in total. The van der Waals surface area contributed by atoms with Crippen molar-refractivity contribution in [1.29, 1.82) is 0 Å². The molecule has 8 heteroatoms. The number of aromatic nitrogens is 1. The third kappa shape index (κ3) is 4.17. The number of hydrogen-bond donors (Lipinski definition) is 1. The van der Waals surface area contributed by atoms with Crippen LogP contribution in [0.25, 0.3) is 11.1 Å². The van der Waals surface area contributed by atoms with Crippen LogP contribution in [0, 0.1) is 0 Å². The van der Waals surface area contributed by atoms with Gasteiger partial charge in [0.15, 0.2) is 6.04 Å². The number of carbonyl (C=O) groups is 2. The number of ether oxygens (including phenoxy) is 1. The SMILES string of the molecule is O=C(O)C(c1ncc(Br)cc1Br)N(C(=O)OCC1c2ccccc2-c2ccccc21)C1CC1. The van der Waals surface area contributed by atoms with Crippen molar-refractivity contribution in [3.63, 3.8) is 0 Å². The predicted molar refractivity (Wildman–Crippen MR) is 130 cm³/mol. The zero-order chi connectivity index (χ0) is 23.1. The third-order valence-corrected chi connectivity index (χ3v) is 7.16. The fraction of sp³-hybridized carbons (Fsp3) is 0.240. The van der Waals surface area contributed by atoms with Gasteiger partial charge in [0.2, 0.25) is 0 Å². The highest BCUT2D eigenvalue weighted by Gasteiger charge is 2.44. The highest BCUT2D eigenvalue weighted by Crippen LogP contribution is 2.45. The first-order valence-corrected chi connectivity index (χ1v) is 12.2. The molecule has 1 atom stereocenters. The maximum Gasteiger partial charge on any atom is 0.411 e. The van der Waals surface area contributed by atoms with Crippen LogP contribution in [0.2, 0.25) is 0 Å². The largest absolute Gasteiger partial charge is 0.479 e. The summed E-state index contributed by atoms with van der Waals surface area (Å²) < 4.78 is 7.02. The summed E-state index contributed by atoms with van der Waals surface area (Å²) in [7, 11) is 0. The van der Waals surface area contributed by atoms with Crippen molar-refractivity contribution in [2.24, 2.45) is 0 Å². The Hall–Kier alpha value is -2.71. The number of carboxylic acid groups (broad SMARTS) is 1. The number of pyridine rings is 1. The quantitative estimate of drug-likeness (QED) is 0.384. The molecular formula is C25H20Br2N2O4. The van der Waals surface area contributed by atoms with E-state index in [1.54, 1.807) is 6.07 Å². The lowest BCUT2D eigenvalue weighted by Crippen LogP contribution is -2.42. The number of halogens is 2. The lowest BCUT2D eigenvalue weighted by molar-refractivity contribution is -0.143. The monoisotopic (exact) mass is 570 g/mol. The highest BCUT2D eigenvalue weighted by atomic mass is 79.9. The minimum absolute atomic E-state index is 0.0942. The molecule has 2 aliphatic rings. The highest BCUT2D eigenvalue weighted by molar-refractivity contribution is 9.11. The number of rotatable bonds is 6. The topological polar surface area (TPSA) is 79.7 Å². The van der Waals surface area contributed by atoms with E-state index in [-0.39, 0.29) is 24.3 Å². The first kappa shape index (κ1) is 22.1. The molecule has 0 bridgehead atoms. The number of aliphatic carboxylic acids is 1. The molecule has 1 aromatic heterocycles. The summed E-state index contributed by atoms with van der Waals surface area (Å²) in [6.45, 7) is 0.136. The van der Waals surface area contributed by atoms with Gasteiger partial charge in [-0.05, 0) is 73.0 Å². The van der Waals surface area contributed by atoms with Gasteiger partial charge >= 0.3 is 12.1 Å². The third-order valence-electron chi connectivity index (χ3n) is 6.09. The Bertz CT molecular complexity index is 1200. The maximum absolute atomic E-state index is 13.3. The summed E-state index contributed by atoms with van der Waals surface area (Å²) >= 11 is 6.73. The molecule has 33 heavy (non-hydrogen) atoms. The van der Waals surface area contributed by atoms with E-state index in [9.17, 15) is 14.7 Å². The molecule has 0 saturated heterocycles. The Balaban J connectivity index is 1.42. The maximum atomic E-state index is 13.3. The van der Waals surface area contributed by atoms with Gasteiger partial charge in [0.05, 0.1) is 5.69 Å². The van der Waals surface area contributed by atoms with Crippen molar-refractivity contribution in [2.45, 2.75) is 30.8 Å². The van der Waals surface area contributed by atoms with Crippen molar-refractivity contribution in [1.82, 2.24) is 9.88 Å². The van der Waals surface area contributed by atoms with Crippen LogP contribution >= 0.6 is 31.9 Å². The Morgan fingerprint density at radius 2 is 1.67 bits per heavy atom. The predicted octanol–water partition coefficient (Wildman–Crippen LogP) is 6.15. The molecule has 168 valence electrons. The Morgan fingerprint density at radius 1 is 1.06 bits per heavy atom. The van der Waals surface area contributed by atoms with E-state index in [4.69, 9.17) is 4.74 Å². The molecule has 1 amide bonds. The summed E-state index contributed by atoms with van der Waals surface area (Å²) in [6, 6.07) is 16.5. The summed E-state index contributed by atoms with van der Waals surface area (Å²) in [5.41, 5.74) is 4.76. The lowest BCUT2D eigenvalue weighted by Gasteiger charge is -2.29. The molecule has 1 N–H and O–H groups in total. The van der Waals surface area contributed by atoms with Crippen LogP contribution in [-0.4, -0.2) is 39.7 Å². The van der Waals surface area contributed by atoms with Crippen LogP contribution in [0.4, 0.5) is 4.79 Å². The van der Waals surface area contributed by atoms with Gasteiger partial charge in [0.1, 0.15) is 6.61 Å². The molecule has 2 aromatic carbocycles. The van der Waals surface area contributed by atoms with Crippen molar-refractivity contribution in [3.8, 4) is 11.1 Å². The minimum Gasteiger partial charge on any atom is -0.479 e. The summed E-state index contributed by atoms with van der Waals surface area (Å²) in [5, 5.41) is 10.0. The molecule has 1 saturated carbocycles. The average Bonchev–Trinajstić information content (AvgIpc) is 3.58. The number of amides is 1. The minimum atomic E-state index is -1.24. The number of benzene rings is 2. The van der Waals surface area contributed by atoms with Crippen molar-refractivity contribution >= 4 is 43.9 Å². The number of carbonyl (C=O) groups excluding carboxylic acids is 1. The van der Waals surface area contributed by atoms with Gasteiger partial charge in [-0.3, -0.25) is 9.88 Å². The average molecular weight is 572 g/mol. The van der Waals surface area contributed by atoms with Crippen LogP contribution in [0.3, 0.4) is 0 Å². The molecule has 3 aromatic rings. The second kappa shape index (κ2) is 8.91. The van der Waals surface area contributed by atoms with E-state index >= 15 is 0 Å². The Labute approximate surface area is 207 Å². The molecule has 1 fully saturated rings. The van der Waals surface area contributed by atoms with Gasteiger partial charge in [0.25, 0.3) is 0 Å². The molecule has 1 heterocycles. The number of nitrogens with zero attached hydrogens (tertiary/aromatic N) is 2. The van der Waals surface area contributed by atoms with E-state index in [1.165, 1.54) is 11.1 Å². The summed E-state index contributed by atoms with van der Waals surface area (Å²) in [4.78, 5) is 31.2. The number of fused-ring (bicyclic) bond motifs is 3. The Kier molecular flexibility index (Phi) is 5.97. The smallest absolute Gasteiger partial charge is 0.411 e. The van der Waals surface area contributed by atoms with Gasteiger partial charge in [-0.2, -0.15) is 0 Å². The van der Waals surface area contributed by atoms with E-state index < -0.39 is 18.1 Å². The fourth-order valence-electron chi connectivity index (χ4n) is 4.48. The molecule has 0 spiro atoms. The molecule has 0 radical (unpaired) electrons. The van der Waals surface area contributed by atoms with Crippen LogP contribution in [-0.2, 0) is 9.53 Å². The molecule has 0 aliphatic heterocycles. The van der Waals surface area contributed by atoms with Crippen molar-refractivity contribution < 1.29 is 19.4 Å². The number of carboxylic acids is 1. The molecule has 5 rings (SSSR count). The van der Waals surface area contributed by atoms with E-state index in [2.05, 4.69) is 61.1 Å². The first-order chi connectivity index (χ1) is 16.0. The van der Waals surface area contributed by atoms with Gasteiger partial charge in [0, 0.05) is 27.1 Å². The van der Waals surface area contributed by atoms with Crippen LogP contribution in [0.15, 0.2) is 69.7 Å². The molecular weight excluding hydrogens is 552 g/mol. The van der Waals surface area contributed by atoms with Crippen molar-refractivity contribution in [3.05, 3.63) is 86.6 Å². The second-order valence-electron chi connectivity index (χ2n) is 8.20. The zero-order valence-corrected chi connectivity index (χ0v) is 20.6. The van der Waals surface area contributed by atoms with Gasteiger partial charge < -0.3 is 9.84 Å². The molecule has 2 aliphatic carbocycles. The Morgan fingerprint density at radius 3 is 2.21 bits per heavy atom. The zero-order valence-electron chi connectivity index (χ0n) is 17.4. The van der Waals surface area contributed by atoms with Crippen LogP contribution in [0.5, 0.6) is 0 Å². The van der Waals surface area contributed by atoms with Crippen molar-refractivity contribution in [2.75, 3.05) is 6.61 Å². The second-order valence-corrected chi connectivity index (χ2v) is 9.97. The van der Waals surface area contributed by atoms with E-state index in [1.807, 2.05) is 24.3 Å². The van der Waals surface area contributed by atoms with Gasteiger partial charge in [-0.1, -0.05) is 48.5 Å². The molecule has 1 unspecified atom stereocenters. The van der Waals surface area contributed by atoms with Crippen LogP contribution in [0.1, 0.15) is 41.6 Å². The fourth-order valence-corrected chi connectivity index (χ4v) is 5.68. The van der Waals surface area contributed by atoms with E-state index in [0.29, 0.717) is 8.95 Å². The number of hydrogen-bond acceptors (Lipinski definition) is 4. The van der Waals surface area contributed by atoms with Gasteiger partial charge in [-0.25, -0.2) is 9.59 Å². The van der Waals surface area contributed by atoms with Gasteiger partial charge in [-0.15, -0.1) is 0 Å². The standard InChI is InChI=1S/C25H20Br2N2O4/c26-14-11-21(27)22(28-12-14)23(24(30)31)29(15-9-10-15)25(32)33-13-20-18-7-3-1-5-16(18)17-6-2-4-8-19(17)20/h1-8,11-12,15,20,23H,9-10,13H2,(H,30,31). The normalized spacial score (nSPS) is 15.5. The van der Waals surface area contributed by atoms with E-state index in [0.717, 1.165) is 35.1 Å². The lowest BCUT2D eigenvalue weighted by atomic mass is 9.98.